The topological polar surface area (TPSA) is 70.0 Å². The molecule has 5 heteroatoms. The van der Waals surface area contributed by atoms with Crippen LogP contribution in [0.15, 0.2) is 48.5 Å². The highest BCUT2D eigenvalue weighted by Gasteiger charge is 2.37. The maximum absolute atomic E-state index is 12.1. The number of hydrogen-bond acceptors (Lipinski definition) is 4. The summed E-state index contributed by atoms with van der Waals surface area (Å²) in [4.78, 5) is 17.4. The molecule has 2 N–H and O–H groups in total. The van der Waals surface area contributed by atoms with E-state index in [-0.39, 0.29) is 11.5 Å². The molecule has 1 atom stereocenters. The van der Waals surface area contributed by atoms with Crippen LogP contribution in [0.25, 0.3) is 0 Å². The van der Waals surface area contributed by atoms with Crippen molar-refractivity contribution in [3.8, 4) is 11.5 Å². The van der Waals surface area contributed by atoms with E-state index in [1.807, 2.05) is 0 Å². The molecule has 2 aromatic rings. The van der Waals surface area contributed by atoms with Crippen LogP contribution in [-0.4, -0.2) is 21.2 Å². The Morgan fingerprint density at radius 1 is 1.11 bits per heavy atom. The number of rotatable bonds is 2. The third-order valence-corrected chi connectivity index (χ3v) is 2.91. The van der Waals surface area contributed by atoms with Gasteiger partial charge in [-0.25, -0.2) is 0 Å². The van der Waals surface area contributed by atoms with Gasteiger partial charge < -0.3 is 15.1 Å². The van der Waals surface area contributed by atoms with E-state index in [4.69, 9.17) is 4.84 Å². The molecule has 0 spiro atoms. The number of fused-ring (bicyclic) bond motifs is 1. The lowest BCUT2D eigenvalue weighted by Gasteiger charge is -2.20. The van der Waals surface area contributed by atoms with Gasteiger partial charge in [-0.3, -0.25) is 4.79 Å². The van der Waals surface area contributed by atoms with Gasteiger partial charge in [0.1, 0.15) is 5.75 Å². The average Bonchev–Trinajstić information content (AvgIpc) is 2.65. The average molecular weight is 257 g/mol. The second-order valence-corrected chi connectivity index (χ2v) is 4.18. The van der Waals surface area contributed by atoms with Gasteiger partial charge in [-0.1, -0.05) is 24.3 Å². The van der Waals surface area contributed by atoms with Crippen LogP contribution in [0.2, 0.25) is 0 Å². The van der Waals surface area contributed by atoms with Crippen LogP contribution in [0.5, 0.6) is 11.5 Å². The van der Waals surface area contributed by atoms with Crippen molar-refractivity contribution in [2.24, 2.45) is 0 Å². The van der Waals surface area contributed by atoms with Crippen molar-refractivity contribution in [3.63, 3.8) is 0 Å². The van der Waals surface area contributed by atoms with Crippen LogP contribution in [0.1, 0.15) is 22.1 Å². The Labute approximate surface area is 109 Å². The number of nitrogens with zero attached hydrogens (tertiary/aromatic N) is 1. The Hall–Kier alpha value is -2.53. The maximum Gasteiger partial charge on any atom is 0.289 e. The Morgan fingerprint density at radius 2 is 1.89 bits per heavy atom. The van der Waals surface area contributed by atoms with Gasteiger partial charge in [0.05, 0.1) is 5.56 Å². The lowest BCUT2D eigenvalue weighted by Crippen LogP contribution is -2.31. The molecule has 0 saturated carbocycles. The number of amides is 1. The molecule has 0 bridgehead atoms. The summed E-state index contributed by atoms with van der Waals surface area (Å²) < 4.78 is 0. The summed E-state index contributed by atoms with van der Waals surface area (Å²) in [7, 11) is 0. The molecule has 1 amide bonds. The van der Waals surface area contributed by atoms with Crippen LogP contribution in [0, 0.1) is 0 Å². The predicted octanol–water partition coefficient (Wildman–Crippen LogP) is 1.83. The quantitative estimate of drug-likeness (QED) is 0.861. The van der Waals surface area contributed by atoms with Gasteiger partial charge in [-0.05, 0) is 18.2 Å². The fourth-order valence-corrected chi connectivity index (χ4v) is 2.02. The molecule has 1 heterocycles. The first-order valence-corrected chi connectivity index (χ1v) is 5.74. The van der Waals surface area contributed by atoms with Crippen molar-refractivity contribution in [2.45, 2.75) is 6.23 Å². The lowest BCUT2D eigenvalue weighted by molar-refractivity contribution is -0.129. The number of aromatic hydroxyl groups is 1. The molecular formula is C14H11NO4. The molecule has 0 aromatic heterocycles. The number of hydrogen-bond donors (Lipinski definition) is 2. The van der Waals surface area contributed by atoms with E-state index in [0.29, 0.717) is 11.1 Å². The number of carbonyl (C=O) groups excluding carboxylic acids is 1. The van der Waals surface area contributed by atoms with Gasteiger partial charge in [0.15, 0.2) is 12.0 Å². The molecule has 0 radical (unpaired) electrons. The van der Waals surface area contributed by atoms with E-state index in [1.54, 1.807) is 36.4 Å². The Morgan fingerprint density at radius 3 is 2.63 bits per heavy atom. The molecule has 5 nitrogen and oxygen atoms in total. The number of phenols is 1. The second kappa shape index (κ2) is 4.29. The molecule has 19 heavy (non-hydrogen) atoms. The van der Waals surface area contributed by atoms with E-state index in [0.717, 1.165) is 5.06 Å². The highest BCUT2D eigenvalue weighted by molar-refractivity contribution is 5.98. The van der Waals surface area contributed by atoms with E-state index in [9.17, 15) is 15.0 Å². The van der Waals surface area contributed by atoms with Gasteiger partial charge in [0.25, 0.3) is 5.91 Å². The van der Waals surface area contributed by atoms with E-state index >= 15 is 0 Å². The predicted molar refractivity (Wildman–Crippen MR) is 66.3 cm³/mol. The minimum atomic E-state index is -1.15. The summed E-state index contributed by atoms with van der Waals surface area (Å²) in [5, 5.41) is 20.3. The lowest BCUT2D eigenvalue weighted by atomic mass is 10.1. The summed E-state index contributed by atoms with van der Waals surface area (Å²) in [6.07, 6.45) is -1.15. The van der Waals surface area contributed by atoms with Crippen molar-refractivity contribution in [3.05, 3.63) is 59.7 Å². The van der Waals surface area contributed by atoms with Crippen molar-refractivity contribution in [2.75, 3.05) is 0 Å². The molecule has 0 aliphatic carbocycles. The highest BCUT2D eigenvalue weighted by atomic mass is 16.7. The van der Waals surface area contributed by atoms with Gasteiger partial charge in [0.2, 0.25) is 0 Å². The van der Waals surface area contributed by atoms with Crippen LogP contribution >= 0.6 is 0 Å². The zero-order valence-electron chi connectivity index (χ0n) is 9.85. The summed E-state index contributed by atoms with van der Waals surface area (Å²) >= 11 is 0. The Balaban J connectivity index is 1.90. The first-order chi connectivity index (χ1) is 9.16. The van der Waals surface area contributed by atoms with Crippen LogP contribution < -0.4 is 4.84 Å². The molecule has 2 aromatic carbocycles. The van der Waals surface area contributed by atoms with Gasteiger partial charge >= 0.3 is 0 Å². The van der Waals surface area contributed by atoms with Crippen LogP contribution in [0.3, 0.4) is 0 Å². The van der Waals surface area contributed by atoms with Gasteiger partial charge in [-0.15, -0.1) is 5.06 Å². The first kappa shape index (κ1) is 11.6. The fraction of sp³-hybridized carbons (Fsp3) is 0.0714. The maximum atomic E-state index is 12.1. The van der Waals surface area contributed by atoms with E-state index < -0.39 is 12.1 Å². The summed E-state index contributed by atoms with van der Waals surface area (Å²) in [6, 6.07) is 12.8. The molecule has 0 fully saturated rings. The molecule has 0 saturated heterocycles. The summed E-state index contributed by atoms with van der Waals surface area (Å²) in [5.41, 5.74) is 0.919. The van der Waals surface area contributed by atoms with Crippen LogP contribution in [0.4, 0.5) is 0 Å². The minimum Gasteiger partial charge on any atom is -0.508 e. The zero-order chi connectivity index (χ0) is 13.4. The van der Waals surface area contributed by atoms with Gasteiger partial charge in [0, 0.05) is 11.6 Å². The molecule has 96 valence electrons. The smallest absolute Gasteiger partial charge is 0.289 e. The summed E-state index contributed by atoms with van der Waals surface area (Å²) in [5.74, 6) is -0.109. The van der Waals surface area contributed by atoms with Crippen molar-refractivity contribution >= 4 is 5.91 Å². The van der Waals surface area contributed by atoms with E-state index in [1.165, 1.54) is 12.1 Å². The van der Waals surface area contributed by atoms with Crippen molar-refractivity contribution < 1.29 is 19.8 Å². The molecule has 3 rings (SSSR count). The third-order valence-electron chi connectivity index (χ3n) is 2.91. The monoisotopic (exact) mass is 257 g/mol. The molecule has 1 aliphatic heterocycles. The molecular weight excluding hydrogens is 246 g/mol. The van der Waals surface area contributed by atoms with Crippen molar-refractivity contribution in [1.82, 2.24) is 5.06 Å². The number of phenolic OH excluding ortho intramolecular Hbond substituents is 1. The number of aliphatic hydroxyl groups excluding tert-OH is 1. The Kier molecular flexibility index (Phi) is 2.61. The second-order valence-electron chi connectivity index (χ2n) is 4.18. The third kappa shape index (κ3) is 1.90. The fourth-order valence-electron chi connectivity index (χ4n) is 2.02. The SMILES string of the molecule is O=C1c2ccccc2C(O)N1Oc1cccc(O)c1. The number of benzene rings is 2. The van der Waals surface area contributed by atoms with Gasteiger partial charge in [-0.2, -0.15) is 0 Å². The molecule has 1 aliphatic rings. The number of hydroxylamine groups is 2. The Bertz CT molecular complexity index is 641. The molecule has 1 unspecified atom stereocenters. The largest absolute Gasteiger partial charge is 0.508 e. The highest BCUT2D eigenvalue weighted by Crippen LogP contribution is 2.32. The summed E-state index contributed by atoms with van der Waals surface area (Å²) in [6.45, 7) is 0. The number of aliphatic hydroxyl groups is 1. The number of carbonyl (C=O) groups is 1. The standard InChI is InChI=1S/C14H11NO4/c16-9-4-3-5-10(8-9)19-15-13(17)11-6-1-2-7-12(11)14(15)18/h1-8,13,16-17H. The minimum absolute atomic E-state index is 0.0242. The van der Waals surface area contributed by atoms with Crippen molar-refractivity contribution in [1.29, 1.82) is 0 Å². The van der Waals surface area contributed by atoms with E-state index in [2.05, 4.69) is 0 Å². The first-order valence-electron chi connectivity index (χ1n) is 5.74. The zero-order valence-corrected chi connectivity index (χ0v) is 9.85. The normalized spacial score (nSPS) is 17.4. The van der Waals surface area contributed by atoms with Crippen LogP contribution in [-0.2, 0) is 0 Å².